The van der Waals surface area contributed by atoms with Crippen LogP contribution in [0.2, 0.25) is 0 Å². The van der Waals surface area contributed by atoms with Crippen molar-refractivity contribution in [2.45, 2.75) is 6.54 Å². The number of H-pyrrole nitrogens is 1. The van der Waals surface area contributed by atoms with Crippen LogP contribution in [0.1, 0.15) is 16.2 Å². The molecular weight excluding hydrogens is 356 g/mol. The van der Waals surface area contributed by atoms with Gasteiger partial charge >= 0.3 is 5.97 Å². The molecule has 1 aliphatic heterocycles. The summed E-state index contributed by atoms with van der Waals surface area (Å²) in [6, 6.07) is 15.2. The van der Waals surface area contributed by atoms with Crippen molar-refractivity contribution in [2.24, 2.45) is 0 Å². The molecule has 1 aliphatic rings. The number of esters is 1. The number of para-hydroxylation sites is 1. The molecule has 144 valence electrons. The Morgan fingerprint density at radius 3 is 2.57 bits per heavy atom. The van der Waals surface area contributed by atoms with Crippen LogP contribution in [-0.4, -0.2) is 54.1 Å². The number of carbonyl (C=O) groups is 1. The van der Waals surface area contributed by atoms with Gasteiger partial charge in [-0.15, -0.1) is 0 Å². The molecular formula is C21H22N4O3. The zero-order valence-electron chi connectivity index (χ0n) is 15.7. The van der Waals surface area contributed by atoms with Gasteiger partial charge in [-0.2, -0.15) is 0 Å². The number of piperazine rings is 1. The maximum absolute atomic E-state index is 12.4. The quantitative estimate of drug-likeness (QED) is 0.700. The van der Waals surface area contributed by atoms with Crippen LogP contribution in [0.4, 0.5) is 5.69 Å². The molecule has 4 rings (SSSR count). The second-order valence-electron chi connectivity index (χ2n) is 6.83. The number of nitrogens with one attached hydrogen (secondary N) is 1. The Hall–Kier alpha value is -3.19. The molecule has 28 heavy (non-hydrogen) atoms. The third-order valence-electron chi connectivity index (χ3n) is 5.04. The van der Waals surface area contributed by atoms with Crippen LogP contribution < -0.4 is 10.5 Å². The third-order valence-corrected chi connectivity index (χ3v) is 5.04. The zero-order valence-corrected chi connectivity index (χ0v) is 15.7. The topological polar surface area (TPSA) is 78.5 Å². The Morgan fingerprint density at radius 1 is 1.11 bits per heavy atom. The van der Waals surface area contributed by atoms with Crippen molar-refractivity contribution in [3.63, 3.8) is 0 Å². The lowest BCUT2D eigenvalue weighted by Gasteiger charge is -2.35. The molecule has 7 heteroatoms. The van der Waals surface area contributed by atoms with Crippen molar-refractivity contribution in [2.75, 3.05) is 38.2 Å². The van der Waals surface area contributed by atoms with E-state index in [1.807, 2.05) is 18.2 Å². The summed E-state index contributed by atoms with van der Waals surface area (Å²) in [5, 5.41) is 0.463. The maximum Gasteiger partial charge on any atom is 0.337 e. The Bertz CT molecular complexity index is 1040. The van der Waals surface area contributed by atoms with E-state index >= 15 is 0 Å². The molecule has 7 nitrogen and oxygen atoms in total. The molecule has 0 aliphatic carbocycles. The molecule has 0 unspecified atom stereocenters. The molecule has 0 radical (unpaired) electrons. The predicted octanol–water partition coefficient (Wildman–Crippen LogP) is 2.03. The monoisotopic (exact) mass is 378 g/mol. The molecule has 1 aromatic heterocycles. The predicted molar refractivity (Wildman–Crippen MR) is 108 cm³/mol. The molecule has 0 saturated carbocycles. The molecule has 0 bridgehead atoms. The Balaban J connectivity index is 1.49. The van der Waals surface area contributed by atoms with Crippen molar-refractivity contribution >= 4 is 22.6 Å². The molecule has 2 aromatic carbocycles. The van der Waals surface area contributed by atoms with Crippen molar-refractivity contribution in [3.8, 4) is 0 Å². The van der Waals surface area contributed by atoms with Gasteiger partial charge in [0.2, 0.25) is 0 Å². The zero-order chi connectivity index (χ0) is 19.5. The summed E-state index contributed by atoms with van der Waals surface area (Å²) >= 11 is 0. The van der Waals surface area contributed by atoms with Gasteiger partial charge in [-0.05, 0) is 30.3 Å². The Kier molecular flexibility index (Phi) is 5.08. The lowest BCUT2D eigenvalue weighted by Crippen LogP contribution is -2.46. The van der Waals surface area contributed by atoms with Gasteiger partial charge < -0.3 is 14.6 Å². The normalized spacial score (nSPS) is 15.0. The number of hydrogen-bond donors (Lipinski definition) is 1. The van der Waals surface area contributed by atoms with Crippen molar-refractivity contribution in [3.05, 3.63) is 70.3 Å². The Labute approximate surface area is 162 Å². The summed E-state index contributed by atoms with van der Waals surface area (Å²) < 4.78 is 4.75. The fourth-order valence-corrected chi connectivity index (χ4v) is 3.52. The van der Waals surface area contributed by atoms with Crippen LogP contribution in [0, 0.1) is 0 Å². The SMILES string of the molecule is COC(=O)c1ccc2c(=O)[nH]c(CN3CCN(c4ccccc4)CC3)nc2c1. The summed E-state index contributed by atoms with van der Waals surface area (Å²) in [6.07, 6.45) is 0. The fraction of sp³-hybridized carbons (Fsp3) is 0.286. The van der Waals surface area contributed by atoms with E-state index in [4.69, 9.17) is 4.74 Å². The second-order valence-corrected chi connectivity index (χ2v) is 6.83. The van der Waals surface area contributed by atoms with Gasteiger partial charge in [0.15, 0.2) is 0 Å². The number of methoxy groups -OCH3 is 1. The minimum Gasteiger partial charge on any atom is -0.465 e. The second kappa shape index (κ2) is 7.82. The number of anilines is 1. The first kappa shape index (κ1) is 18.2. The summed E-state index contributed by atoms with van der Waals surface area (Å²) in [4.78, 5) is 36.2. The highest BCUT2D eigenvalue weighted by atomic mass is 16.5. The number of benzene rings is 2. The summed E-state index contributed by atoms with van der Waals surface area (Å²) in [5.74, 6) is 0.162. The standard InChI is InChI=1S/C21H22N4O3/c1-28-21(27)15-7-8-17-18(13-15)22-19(23-20(17)26)14-24-9-11-25(12-10-24)16-5-3-2-4-6-16/h2-8,13H,9-12,14H2,1H3,(H,22,23,26). The first-order valence-electron chi connectivity index (χ1n) is 9.27. The highest BCUT2D eigenvalue weighted by molar-refractivity contribution is 5.93. The van der Waals surface area contributed by atoms with Crippen LogP contribution in [0.25, 0.3) is 10.9 Å². The average molecular weight is 378 g/mol. The number of nitrogens with zero attached hydrogens (tertiary/aromatic N) is 3. The van der Waals surface area contributed by atoms with E-state index in [0.717, 1.165) is 26.2 Å². The molecule has 0 amide bonds. The summed E-state index contributed by atoms with van der Waals surface area (Å²) in [7, 11) is 1.33. The molecule has 0 spiro atoms. The van der Waals surface area contributed by atoms with E-state index in [-0.39, 0.29) is 5.56 Å². The van der Waals surface area contributed by atoms with Gasteiger partial charge in [-0.25, -0.2) is 9.78 Å². The first-order valence-corrected chi connectivity index (χ1v) is 9.27. The number of ether oxygens (including phenoxy) is 1. The highest BCUT2D eigenvalue weighted by Gasteiger charge is 2.18. The van der Waals surface area contributed by atoms with Crippen LogP contribution in [0.3, 0.4) is 0 Å². The van der Waals surface area contributed by atoms with Gasteiger partial charge in [-0.1, -0.05) is 18.2 Å². The Morgan fingerprint density at radius 2 is 1.86 bits per heavy atom. The van der Waals surface area contributed by atoms with Crippen LogP contribution in [0.5, 0.6) is 0 Å². The maximum atomic E-state index is 12.4. The molecule has 0 atom stereocenters. The number of fused-ring (bicyclic) bond motifs is 1. The van der Waals surface area contributed by atoms with Crippen molar-refractivity contribution < 1.29 is 9.53 Å². The van der Waals surface area contributed by atoms with Crippen molar-refractivity contribution in [1.29, 1.82) is 0 Å². The van der Waals surface area contributed by atoms with Gasteiger partial charge in [0.1, 0.15) is 5.82 Å². The number of aromatic nitrogens is 2. The van der Waals surface area contributed by atoms with Crippen LogP contribution >= 0.6 is 0 Å². The summed E-state index contributed by atoms with van der Waals surface area (Å²) in [5.41, 5.74) is 1.93. The molecule has 1 fully saturated rings. The molecule has 3 aromatic rings. The van der Waals surface area contributed by atoms with Gasteiger partial charge in [0.25, 0.3) is 5.56 Å². The molecule has 1 saturated heterocycles. The minimum atomic E-state index is -0.442. The molecule has 1 N–H and O–H groups in total. The average Bonchev–Trinajstić information content (AvgIpc) is 2.74. The smallest absolute Gasteiger partial charge is 0.337 e. The lowest BCUT2D eigenvalue weighted by molar-refractivity contribution is 0.0601. The minimum absolute atomic E-state index is 0.195. The van der Waals surface area contributed by atoms with E-state index in [1.165, 1.54) is 12.8 Å². The van der Waals surface area contributed by atoms with E-state index in [0.29, 0.717) is 28.8 Å². The largest absolute Gasteiger partial charge is 0.465 e. The van der Waals surface area contributed by atoms with E-state index in [2.05, 4.69) is 31.9 Å². The van der Waals surface area contributed by atoms with E-state index < -0.39 is 5.97 Å². The van der Waals surface area contributed by atoms with Gasteiger partial charge in [0.05, 0.1) is 30.1 Å². The molecule has 2 heterocycles. The van der Waals surface area contributed by atoms with Crippen LogP contribution in [-0.2, 0) is 11.3 Å². The summed E-state index contributed by atoms with van der Waals surface area (Å²) in [6.45, 7) is 4.19. The third kappa shape index (κ3) is 3.75. The first-order chi connectivity index (χ1) is 13.6. The van der Waals surface area contributed by atoms with Gasteiger partial charge in [-0.3, -0.25) is 9.69 Å². The highest BCUT2D eigenvalue weighted by Crippen LogP contribution is 2.17. The number of aromatic amines is 1. The van der Waals surface area contributed by atoms with E-state index in [9.17, 15) is 9.59 Å². The number of hydrogen-bond acceptors (Lipinski definition) is 6. The number of rotatable bonds is 4. The number of carbonyl (C=O) groups excluding carboxylic acids is 1. The van der Waals surface area contributed by atoms with E-state index in [1.54, 1.807) is 18.2 Å². The van der Waals surface area contributed by atoms with Crippen molar-refractivity contribution in [1.82, 2.24) is 14.9 Å². The fourth-order valence-electron chi connectivity index (χ4n) is 3.52. The van der Waals surface area contributed by atoms with Crippen LogP contribution in [0.15, 0.2) is 53.3 Å². The van der Waals surface area contributed by atoms with Gasteiger partial charge in [0, 0.05) is 31.9 Å². The lowest BCUT2D eigenvalue weighted by atomic mass is 10.1.